The number of rotatable bonds is 9. The van der Waals surface area contributed by atoms with Crippen molar-refractivity contribution in [1.29, 1.82) is 0 Å². The first-order valence-corrected chi connectivity index (χ1v) is 8.18. The number of benzene rings is 1. The molecule has 0 heterocycles. The molecule has 0 fully saturated rings. The van der Waals surface area contributed by atoms with Gasteiger partial charge in [0.05, 0.1) is 6.04 Å². The third-order valence-electron chi connectivity index (χ3n) is 4.20. The van der Waals surface area contributed by atoms with Gasteiger partial charge in [0.1, 0.15) is 0 Å². The molecule has 3 heteroatoms. The molecule has 21 heavy (non-hydrogen) atoms. The van der Waals surface area contributed by atoms with Crippen molar-refractivity contribution in [2.45, 2.75) is 58.9 Å². The van der Waals surface area contributed by atoms with Crippen molar-refractivity contribution in [2.24, 2.45) is 11.7 Å². The molecule has 118 valence electrons. The van der Waals surface area contributed by atoms with E-state index in [1.54, 1.807) is 0 Å². The van der Waals surface area contributed by atoms with Crippen molar-refractivity contribution in [3.05, 3.63) is 35.4 Å². The molecular weight excluding hydrogens is 260 g/mol. The molecule has 0 aliphatic rings. The molecule has 0 radical (unpaired) electrons. The van der Waals surface area contributed by atoms with Gasteiger partial charge in [0.15, 0.2) is 0 Å². The first-order valence-electron chi connectivity index (χ1n) is 8.18. The standard InChI is InChI=1S/C18H30N2O/c1-4-15-6-9-17(10-7-15)14(3)20-18(21)11-8-16(5-2)12-13-19/h6-7,9-10,14,16H,4-5,8,11-13,19H2,1-3H3,(H,20,21). The number of carbonyl (C=O) groups is 1. The average Bonchev–Trinajstić information content (AvgIpc) is 2.51. The summed E-state index contributed by atoms with van der Waals surface area (Å²) < 4.78 is 0. The summed E-state index contributed by atoms with van der Waals surface area (Å²) in [4.78, 5) is 12.0. The highest BCUT2D eigenvalue weighted by Gasteiger charge is 2.12. The molecule has 2 atom stereocenters. The van der Waals surface area contributed by atoms with Crippen LogP contribution >= 0.6 is 0 Å². The molecule has 0 saturated heterocycles. The molecule has 0 saturated carbocycles. The highest BCUT2D eigenvalue weighted by molar-refractivity contribution is 5.76. The van der Waals surface area contributed by atoms with E-state index in [9.17, 15) is 4.79 Å². The van der Waals surface area contributed by atoms with Crippen LogP contribution in [0.25, 0.3) is 0 Å². The minimum absolute atomic E-state index is 0.0676. The van der Waals surface area contributed by atoms with Crippen LogP contribution in [0.2, 0.25) is 0 Å². The lowest BCUT2D eigenvalue weighted by Crippen LogP contribution is -2.27. The summed E-state index contributed by atoms with van der Waals surface area (Å²) in [7, 11) is 0. The molecular formula is C18H30N2O. The highest BCUT2D eigenvalue weighted by Crippen LogP contribution is 2.17. The van der Waals surface area contributed by atoms with E-state index in [4.69, 9.17) is 5.73 Å². The normalized spacial score (nSPS) is 13.7. The second kappa shape index (κ2) is 9.56. The number of carbonyl (C=O) groups excluding carboxylic acids is 1. The quantitative estimate of drug-likeness (QED) is 0.730. The summed E-state index contributed by atoms with van der Waals surface area (Å²) in [6.45, 7) is 7.05. The van der Waals surface area contributed by atoms with Crippen LogP contribution in [-0.2, 0) is 11.2 Å². The van der Waals surface area contributed by atoms with Crippen LogP contribution in [0.5, 0.6) is 0 Å². The van der Waals surface area contributed by atoms with Gasteiger partial charge < -0.3 is 11.1 Å². The SMILES string of the molecule is CCc1ccc(C(C)NC(=O)CCC(CC)CCN)cc1. The van der Waals surface area contributed by atoms with E-state index in [0.717, 1.165) is 31.2 Å². The lowest BCUT2D eigenvalue weighted by Gasteiger charge is -2.17. The Morgan fingerprint density at radius 1 is 1.19 bits per heavy atom. The molecule has 0 spiro atoms. The number of hydrogen-bond donors (Lipinski definition) is 2. The van der Waals surface area contributed by atoms with Gasteiger partial charge in [-0.15, -0.1) is 0 Å². The van der Waals surface area contributed by atoms with Crippen molar-refractivity contribution < 1.29 is 4.79 Å². The Morgan fingerprint density at radius 3 is 2.38 bits per heavy atom. The highest BCUT2D eigenvalue weighted by atomic mass is 16.1. The molecule has 2 unspecified atom stereocenters. The molecule has 0 aromatic heterocycles. The maximum absolute atomic E-state index is 12.0. The molecule has 1 aromatic rings. The monoisotopic (exact) mass is 290 g/mol. The van der Waals surface area contributed by atoms with Crippen LogP contribution in [0.1, 0.15) is 63.6 Å². The topological polar surface area (TPSA) is 55.1 Å². The minimum atomic E-state index is 0.0676. The van der Waals surface area contributed by atoms with E-state index in [1.807, 2.05) is 6.92 Å². The summed E-state index contributed by atoms with van der Waals surface area (Å²) in [6.07, 6.45) is 4.67. The maximum atomic E-state index is 12.0. The van der Waals surface area contributed by atoms with Crippen LogP contribution in [0.3, 0.4) is 0 Å². The van der Waals surface area contributed by atoms with E-state index in [1.165, 1.54) is 5.56 Å². The second-order valence-electron chi connectivity index (χ2n) is 5.77. The van der Waals surface area contributed by atoms with Gasteiger partial charge >= 0.3 is 0 Å². The molecule has 1 rings (SSSR count). The summed E-state index contributed by atoms with van der Waals surface area (Å²) in [5.41, 5.74) is 8.08. The Hall–Kier alpha value is -1.35. The molecule has 3 N–H and O–H groups in total. The van der Waals surface area contributed by atoms with Gasteiger partial charge in [-0.3, -0.25) is 4.79 Å². The Balaban J connectivity index is 2.42. The largest absolute Gasteiger partial charge is 0.350 e. The van der Waals surface area contributed by atoms with Crippen LogP contribution < -0.4 is 11.1 Å². The van der Waals surface area contributed by atoms with E-state index in [0.29, 0.717) is 18.9 Å². The van der Waals surface area contributed by atoms with Crippen molar-refractivity contribution in [3.63, 3.8) is 0 Å². The third kappa shape index (κ3) is 6.30. The molecule has 1 aromatic carbocycles. The van der Waals surface area contributed by atoms with Crippen LogP contribution in [0.4, 0.5) is 0 Å². The van der Waals surface area contributed by atoms with Gasteiger partial charge in [-0.2, -0.15) is 0 Å². The van der Waals surface area contributed by atoms with E-state index in [2.05, 4.69) is 43.4 Å². The number of aryl methyl sites for hydroxylation is 1. The average molecular weight is 290 g/mol. The Labute approximate surface area is 129 Å². The summed E-state index contributed by atoms with van der Waals surface area (Å²) in [6, 6.07) is 8.54. The predicted octanol–water partition coefficient (Wildman–Crippen LogP) is 3.58. The molecule has 3 nitrogen and oxygen atoms in total. The lowest BCUT2D eigenvalue weighted by molar-refractivity contribution is -0.122. The van der Waals surface area contributed by atoms with Crippen molar-refractivity contribution in [3.8, 4) is 0 Å². The lowest BCUT2D eigenvalue weighted by atomic mass is 9.96. The minimum Gasteiger partial charge on any atom is -0.350 e. The summed E-state index contributed by atoms with van der Waals surface area (Å²) in [5.74, 6) is 0.706. The van der Waals surface area contributed by atoms with E-state index >= 15 is 0 Å². The fraction of sp³-hybridized carbons (Fsp3) is 0.611. The molecule has 0 bridgehead atoms. The number of hydrogen-bond acceptors (Lipinski definition) is 2. The van der Waals surface area contributed by atoms with Gasteiger partial charge in [-0.1, -0.05) is 44.5 Å². The van der Waals surface area contributed by atoms with Gasteiger partial charge in [0.2, 0.25) is 5.91 Å². The molecule has 0 aliphatic carbocycles. The predicted molar refractivity (Wildman–Crippen MR) is 89.1 cm³/mol. The maximum Gasteiger partial charge on any atom is 0.220 e. The smallest absolute Gasteiger partial charge is 0.220 e. The fourth-order valence-electron chi connectivity index (χ4n) is 2.56. The Kier molecular flexibility index (Phi) is 8.06. The van der Waals surface area contributed by atoms with Gasteiger partial charge in [-0.05, 0) is 49.8 Å². The fourth-order valence-corrected chi connectivity index (χ4v) is 2.56. The van der Waals surface area contributed by atoms with Gasteiger partial charge in [0, 0.05) is 6.42 Å². The molecule has 0 aliphatic heterocycles. The summed E-state index contributed by atoms with van der Waals surface area (Å²) >= 11 is 0. The van der Waals surface area contributed by atoms with Crippen molar-refractivity contribution >= 4 is 5.91 Å². The van der Waals surface area contributed by atoms with Crippen LogP contribution in [-0.4, -0.2) is 12.5 Å². The van der Waals surface area contributed by atoms with E-state index in [-0.39, 0.29) is 11.9 Å². The number of nitrogens with two attached hydrogens (primary N) is 1. The van der Waals surface area contributed by atoms with Gasteiger partial charge in [-0.25, -0.2) is 0 Å². The number of nitrogens with one attached hydrogen (secondary N) is 1. The second-order valence-corrected chi connectivity index (χ2v) is 5.77. The Morgan fingerprint density at radius 2 is 1.86 bits per heavy atom. The summed E-state index contributed by atoms with van der Waals surface area (Å²) in [5, 5.41) is 3.09. The zero-order valence-corrected chi connectivity index (χ0v) is 13.7. The third-order valence-corrected chi connectivity index (χ3v) is 4.20. The van der Waals surface area contributed by atoms with Crippen molar-refractivity contribution in [2.75, 3.05) is 6.54 Å². The zero-order valence-electron chi connectivity index (χ0n) is 13.7. The van der Waals surface area contributed by atoms with Crippen LogP contribution in [0.15, 0.2) is 24.3 Å². The van der Waals surface area contributed by atoms with Crippen molar-refractivity contribution in [1.82, 2.24) is 5.32 Å². The molecule has 1 amide bonds. The van der Waals surface area contributed by atoms with Crippen LogP contribution in [0, 0.1) is 5.92 Å². The first kappa shape index (κ1) is 17.7. The van der Waals surface area contributed by atoms with E-state index < -0.39 is 0 Å². The number of amides is 1. The van der Waals surface area contributed by atoms with Gasteiger partial charge in [0.25, 0.3) is 0 Å². The Bertz CT molecular complexity index is 414. The first-order chi connectivity index (χ1) is 10.1. The zero-order chi connectivity index (χ0) is 15.7.